The number of nitrogens with zero attached hydrogens (tertiary/aromatic N) is 4. The lowest BCUT2D eigenvalue weighted by Crippen LogP contribution is -2.38. The molecule has 0 unspecified atom stereocenters. The topological polar surface area (TPSA) is 67.6 Å². The molecular weight excluding hydrogens is 276 g/mol. The molecule has 1 aliphatic heterocycles. The van der Waals surface area contributed by atoms with E-state index in [1.54, 1.807) is 4.52 Å². The monoisotopic (exact) mass is 294 g/mol. The van der Waals surface area contributed by atoms with Gasteiger partial charge in [-0.05, 0) is 37.6 Å². The van der Waals surface area contributed by atoms with E-state index in [-0.39, 0.29) is 0 Å². The van der Waals surface area contributed by atoms with E-state index in [0.717, 1.165) is 25.0 Å². The fourth-order valence-electron chi connectivity index (χ4n) is 2.69. The minimum absolute atomic E-state index is 0.311. The van der Waals surface area contributed by atoms with Crippen LogP contribution >= 0.6 is 0 Å². The fraction of sp³-hybridized carbons (Fsp3) is 0.538. The molecular formula is C13H18N4O2S. The van der Waals surface area contributed by atoms with Crippen molar-refractivity contribution in [2.24, 2.45) is 0 Å². The third-order valence-electron chi connectivity index (χ3n) is 3.92. The van der Waals surface area contributed by atoms with Crippen LogP contribution < -0.4 is 0 Å². The van der Waals surface area contributed by atoms with E-state index in [9.17, 15) is 8.42 Å². The van der Waals surface area contributed by atoms with Crippen LogP contribution in [0.15, 0.2) is 24.7 Å². The number of sulfone groups is 1. The zero-order chi connectivity index (χ0) is 14.2. The first-order chi connectivity index (χ1) is 9.53. The molecule has 0 amide bonds. The first-order valence-electron chi connectivity index (χ1n) is 6.72. The molecule has 6 nitrogen and oxygen atoms in total. The first-order valence-corrected chi connectivity index (χ1v) is 8.54. The van der Waals surface area contributed by atoms with Gasteiger partial charge in [-0.2, -0.15) is 5.10 Å². The average molecular weight is 294 g/mol. The van der Waals surface area contributed by atoms with E-state index >= 15 is 0 Å². The summed E-state index contributed by atoms with van der Waals surface area (Å²) < 4.78 is 24.6. The summed E-state index contributed by atoms with van der Waals surface area (Å²) in [6.45, 7) is 0.800. The van der Waals surface area contributed by atoms with Gasteiger partial charge in [0.15, 0.2) is 5.65 Å². The van der Waals surface area contributed by atoms with Crippen LogP contribution in [0, 0.1) is 0 Å². The van der Waals surface area contributed by atoms with Crippen LogP contribution in [0.25, 0.3) is 5.65 Å². The van der Waals surface area contributed by atoms with Crippen molar-refractivity contribution >= 4 is 15.5 Å². The molecule has 2 aromatic rings. The highest BCUT2D eigenvalue weighted by molar-refractivity contribution is 7.91. The SMILES string of the molecule is CN(Cc1ccn2ncnc2c1)C1CCS(=O)(=O)CC1. The van der Waals surface area contributed by atoms with E-state index in [4.69, 9.17) is 0 Å². The minimum atomic E-state index is -2.79. The Labute approximate surface area is 118 Å². The van der Waals surface area contributed by atoms with Crippen molar-refractivity contribution in [3.63, 3.8) is 0 Å². The van der Waals surface area contributed by atoms with Crippen molar-refractivity contribution in [2.45, 2.75) is 25.4 Å². The lowest BCUT2D eigenvalue weighted by Gasteiger charge is -2.31. The van der Waals surface area contributed by atoms with Crippen LogP contribution in [0.3, 0.4) is 0 Å². The Morgan fingerprint density at radius 3 is 2.90 bits per heavy atom. The summed E-state index contributed by atoms with van der Waals surface area (Å²) in [6.07, 6.45) is 4.89. The van der Waals surface area contributed by atoms with Crippen molar-refractivity contribution in [2.75, 3.05) is 18.6 Å². The summed E-state index contributed by atoms with van der Waals surface area (Å²) in [5.41, 5.74) is 2.00. The van der Waals surface area contributed by atoms with Crippen LogP contribution in [0.2, 0.25) is 0 Å². The largest absolute Gasteiger partial charge is 0.299 e. The Bertz CT molecular complexity index is 696. The standard InChI is InChI=1S/C13H18N4O2S/c1-16(12-3-6-20(18,19)7-4-12)9-11-2-5-17-13(8-11)14-10-15-17/h2,5,8,10,12H,3-4,6-7,9H2,1H3. The van der Waals surface area contributed by atoms with Crippen LogP contribution in [0.4, 0.5) is 0 Å². The summed E-state index contributed by atoms with van der Waals surface area (Å²) in [5.74, 6) is 0.621. The Morgan fingerprint density at radius 1 is 1.40 bits per heavy atom. The highest BCUT2D eigenvalue weighted by Gasteiger charge is 2.26. The number of hydrogen-bond donors (Lipinski definition) is 0. The predicted molar refractivity (Wildman–Crippen MR) is 76.1 cm³/mol. The van der Waals surface area contributed by atoms with Gasteiger partial charge in [-0.15, -0.1) is 0 Å². The molecule has 1 aliphatic rings. The molecule has 20 heavy (non-hydrogen) atoms. The molecule has 108 valence electrons. The van der Waals surface area contributed by atoms with E-state index in [1.807, 2.05) is 18.3 Å². The smallest absolute Gasteiger partial charge is 0.155 e. The van der Waals surface area contributed by atoms with E-state index in [2.05, 4.69) is 22.0 Å². The molecule has 2 aromatic heterocycles. The maximum Gasteiger partial charge on any atom is 0.155 e. The molecule has 0 spiro atoms. The molecule has 1 saturated heterocycles. The lowest BCUT2D eigenvalue weighted by atomic mass is 10.1. The van der Waals surface area contributed by atoms with Gasteiger partial charge < -0.3 is 0 Å². The van der Waals surface area contributed by atoms with Gasteiger partial charge in [-0.25, -0.2) is 17.9 Å². The van der Waals surface area contributed by atoms with Gasteiger partial charge >= 0.3 is 0 Å². The molecule has 0 aromatic carbocycles. The third kappa shape index (κ3) is 2.83. The Morgan fingerprint density at radius 2 is 2.15 bits per heavy atom. The van der Waals surface area contributed by atoms with Crippen molar-refractivity contribution < 1.29 is 8.42 Å². The molecule has 0 aliphatic carbocycles. The van der Waals surface area contributed by atoms with E-state index < -0.39 is 9.84 Å². The zero-order valence-corrected chi connectivity index (χ0v) is 12.3. The van der Waals surface area contributed by atoms with Crippen LogP contribution in [-0.4, -0.2) is 52.5 Å². The van der Waals surface area contributed by atoms with Crippen LogP contribution in [0.5, 0.6) is 0 Å². The summed E-state index contributed by atoms with van der Waals surface area (Å²) in [4.78, 5) is 6.41. The molecule has 0 atom stereocenters. The summed E-state index contributed by atoms with van der Waals surface area (Å²) >= 11 is 0. The summed E-state index contributed by atoms with van der Waals surface area (Å²) in [6, 6.07) is 4.38. The Hall–Kier alpha value is -1.47. The second-order valence-corrected chi connectivity index (χ2v) is 7.70. The van der Waals surface area contributed by atoms with E-state index in [0.29, 0.717) is 17.5 Å². The molecule has 7 heteroatoms. The van der Waals surface area contributed by atoms with Crippen molar-refractivity contribution in [1.29, 1.82) is 0 Å². The second kappa shape index (κ2) is 5.14. The van der Waals surface area contributed by atoms with E-state index in [1.165, 1.54) is 11.9 Å². The van der Waals surface area contributed by atoms with Crippen LogP contribution in [0.1, 0.15) is 18.4 Å². The van der Waals surface area contributed by atoms with Gasteiger partial charge in [0.05, 0.1) is 11.5 Å². The highest BCUT2D eigenvalue weighted by atomic mass is 32.2. The number of hydrogen-bond acceptors (Lipinski definition) is 5. The van der Waals surface area contributed by atoms with Crippen LogP contribution in [-0.2, 0) is 16.4 Å². The zero-order valence-electron chi connectivity index (χ0n) is 11.4. The quantitative estimate of drug-likeness (QED) is 0.835. The maximum atomic E-state index is 11.5. The van der Waals surface area contributed by atoms with Crippen molar-refractivity contribution in [3.8, 4) is 0 Å². The van der Waals surface area contributed by atoms with Crippen molar-refractivity contribution in [1.82, 2.24) is 19.5 Å². The Balaban J connectivity index is 1.67. The van der Waals surface area contributed by atoms with Gasteiger partial charge in [-0.3, -0.25) is 4.90 Å². The number of rotatable bonds is 3. The molecule has 1 fully saturated rings. The molecule has 0 N–H and O–H groups in total. The van der Waals surface area contributed by atoms with Gasteiger partial charge in [0, 0.05) is 18.8 Å². The molecule has 0 radical (unpaired) electrons. The predicted octanol–water partition coefficient (Wildman–Crippen LogP) is 0.738. The first kappa shape index (κ1) is 13.5. The Kier molecular flexibility index (Phi) is 3.47. The number of pyridine rings is 1. The molecule has 3 rings (SSSR count). The molecule has 3 heterocycles. The molecule has 0 saturated carbocycles. The van der Waals surface area contributed by atoms with Gasteiger partial charge in [0.2, 0.25) is 0 Å². The van der Waals surface area contributed by atoms with Crippen molar-refractivity contribution in [3.05, 3.63) is 30.2 Å². The number of fused-ring (bicyclic) bond motifs is 1. The van der Waals surface area contributed by atoms with Gasteiger partial charge in [-0.1, -0.05) is 0 Å². The lowest BCUT2D eigenvalue weighted by molar-refractivity contribution is 0.218. The second-order valence-electron chi connectivity index (χ2n) is 5.40. The normalized spacial score (nSPS) is 19.7. The summed E-state index contributed by atoms with van der Waals surface area (Å²) in [5, 5.41) is 4.07. The summed E-state index contributed by atoms with van der Waals surface area (Å²) in [7, 11) is -0.739. The van der Waals surface area contributed by atoms with Gasteiger partial charge in [0.1, 0.15) is 16.2 Å². The van der Waals surface area contributed by atoms with Gasteiger partial charge in [0.25, 0.3) is 0 Å². The maximum absolute atomic E-state index is 11.5. The number of aromatic nitrogens is 3. The minimum Gasteiger partial charge on any atom is -0.299 e. The third-order valence-corrected chi connectivity index (χ3v) is 5.64. The average Bonchev–Trinajstić information content (AvgIpc) is 2.86. The fourth-order valence-corrected chi connectivity index (χ4v) is 4.16. The molecule has 0 bridgehead atoms. The highest BCUT2D eigenvalue weighted by Crippen LogP contribution is 2.19.